The van der Waals surface area contributed by atoms with E-state index in [2.05, 4.69) is 0 Å². The lowest BCUT2D eigenvalue weighted by molar-refractivity contribution is 0.0169. The van der Waals surface area contributed by atoms with Gasteiger partial charge < -0.3 is 15.2 Å². The molecule has 0 radical (unpaired) electrons. The molecule has 4 nitrogen and oxygen atoms in total. The summed E-state index contributed by atoms with van der Waals surface area (Å²) in [7, 11) is 1.57. The van der Waals surface area contributed by atoms with E-state index in [1.54, 1.807) is 31.4 Å². The Morgan fingerprint density at radius 1 is 1.53 bits per heavy atom. The van der Waals surface area contributed by atoms with E-state index < -0.39 is 0 Å². The summed E-state index contributed by atoms with van der Waals surface area (Å²) in [5.41, 5.74) is 6.55. The fraction of sp³-hybridized carbons (Fsp3) is 0.364. The molecular weight excluding hydrogens is 194 g/mol. The molecule has 15 heavy (non-hydrogen) atoms. The number of rotatable bonds is 4. The molecule has 0 heterocycles. The van der Waals surface area contributed by atoms with E-state index >= 15 is 0 Å². The first kappa shape index (κ1) is 11.5. The molecule has 0 bridgehead atoms. The number of nitrogen functional groups attached to an aromatic ring is 1. The molecule has 0 amide bonds. The minimum Gasteiger partial charge on any atom is -0.459 e. The van der Waals surface area contributed by atoms with Gasteiger partial charge in [-0.25, -0.2) is 4.79 Å². The predicted molar refractivity (Wildman–Crippen MR) is 57.6 cm³/mol. The summed E-state index contributed by atoms with van der Waals surface area (Å²) in [6.45, 7) is 2.07. The number of methoxy groups -OCH3 is 1. The van der Waals surface area contributed by atoms with Gasteiger partial charge in [-0.15, -0.1) is 0 Å². The Morgan fingerprint density at radius 2 is 2.27 bits per heavy atom. The van der Waals surface area contributed by atoms with E-state index in [0.717, 1.165) is 0 Å². The third-order valence-corrected chi connectivity index (χ3v) is 1.97. The van der Waals surface area contributed by atoms with Crippen molar-refractivity contribution in [3.05, 3.63) is 29.8 Å². The van der Waals surface area contributed by atoms with E-state index in [1.807, 2.05) is 6.92 Å². The van der Waals surface area contributed by atoms with Crippen molar-refractivity contribution in [3.8, 4) is 0 Å². The van der Waals surface area contributed by atoms with E-state index in [4.69, 9.17) is 15.2 Å². The Kier molecular flexibility index (Phi) is 4.12. The van der Waals surface area contributed by atoms with Crippen molar-refractivity contribution in [1.29, 1.82) is 0 Å². The van der Waals surface area contributed by atoms with Gasteiger partial charge in [0.15, 0.2) is 0 Å². The van der Waals surface area contributed by atoms with Gasteiger partial charge in [-0.3, -0.25) is 0 Å². The molecule has 0 aliphatic rings. The Morgan fingerprint density at radius 3 is 2.87 bits per heavy atom. The summed E-state index contributed by atoms with van der Waals surface area (Å²) < 4.78 is 9.97. The summed E-state index contributed by atoms with van der Waals surface area (Å²) >= 11 is 0. The van der Waals surface area contributed by atoms with Gasteiger partial charge in [0.2, 0.25) is 0 Å². The number of carbonyl (C=O) groups excluding carboxylic acids is 1. The van der Waals surface area contributed by atoms with Crippen molar-refractivity contribution in [3.63, 3.8) is 0 Å². The van der Waals surface area contributed by atoms with Crippen molar-refractivity contribution in [2.24, 2.45) is 0 Å². The maximum atomic E-state index is 11.5. The number of carbonyl (C=O) groups is 1. The molecule has 0 aliphatic carbocycles. The third-order valence-electron chi connectivity index (χ3n) is 1.97. The predicted octanol–water partition coefficient (Wildman–Crippen LogP) is 1.46. The van der Waals surface area contributed by atoms with Crippen LogP contribution in [-0.4, -0.2) is 25.8 Å². The summed E-state index contributed by atoms with van der Waals surface area (Å²) in [5, 5.41) is 0. The molecule has 1 atom stereocenters. The van der Waals surface area contributed by atoms with Crippen molar-refractivity contribution in [2.45, 2.75) is 13.0 Å². The lowest BCUT2D eigenvalue weighted by Gasteiger charge is -2.10. The van der Waals surface area contributed by atoms with Crippen LogP contribution in [0.25, 0.3) is 0 Å². The standard InChI is InChI=1S/C11H15NO3/c1-8(14-2)7-15-11(13)9-4-3-5-10(12)6-9/h3-6,8H,7,12H2,1-2H3. The van der Waals surface area contributed by atoms with E-state index in [1.165, 1.54) is 0 Å². The maximum Gasteiger partial charge on any atom is 0.338 e. The smallest absolute Gasteiger partial charge is 0.338 e. The van der Waals surface area contributed by atoms with Crippen LogP contribution in [0.3, 0.4) is 0 Å². The van der Waals surface area contributed by atoms with Gasteiger partial charge in [-0.1, -0.05) is 6.07 Å². The molecule has 0 spiro atoms. The van der Waals surface area contributed by atoms with Gasteiger partial charge in [0.05, 0.1) is 11.7 Å². The average molecular weight is 209 g/mol. The molecule has 0 aliphatic heterocycles. The van der Waals surface area contributed by atoms with Gasteiger partial charge in [0.25, 0.3) is 0 Å². The Bertz CT molecular complexity index is 338. The summed E-state index contributed by atoms with van der Waals surface area (Å²) in [6.07, 6.45) is -0.102. The number of esters is 1. The average Bonchev–Trinajstić information content (AvgIpc) is 2.25. The summed E-state index contributed by atoms with van der Waals surface area (Å²) in [4.78, 5) is 11.5. The van der Waals surface area contributed by atoms with E-state index in [9.17, 15) is 4.79 Å². The minimum absolute atomic E-state index is 0.102. The molecule has 0 saturated heterocycles. The highest BCUT2D eigenvalue weighted by Gasteiger charge is 2.09. The quantitative estimate of drug-likeness (QED) is 0.602. The van der Waals surface area contributed by atoms with E-state index in [-0.39, 0.29) is 18.7 Å². The molecule has 0 fully saturated rings. The molecular formula is C11H15NO3. The van der Waals surface area contributed by atoms with Crippen LogP contribution in [-0.2, 0) is 9.47 Å². The van der Waals surface area contributed by atoms with Crippen LogP contribution < -0.4 is 5.73 Å². The van der Waals surface area contributed by atoms with Gasteiger partial charge in [-0.2, -0.15) is 0 Å². The second-order valence-corrected chi connectivity index (χ2v) is 3.27. The number of hydrogen-bond donors (Lipinski definition) is 1. The first-order chi connectivity index (χ1) is 7.13. The number of ether oxygens (including phenoxy) is 2. The maximum absolute atomic E-state index is 11.5. The highest BCUT2D eigenvalue weighted by Crippen LogP contribution is 2.08. The first-order valence-corrected chi connectivity index (χ1v) is 4.69. The van der Waals surface area contributed by atoms with Crippen LogP contribution in [0.2, 0.25) is 0 Å². The SMILES string of the molecule is COC(C)COC(=O)c1cccc(N)c1. The second-order valence-electron chi connectivity index (χ2n) is 3.27. The van der Waals surface area contributed by atoms with Crippen LogP contribution in [0, 0.1) is 0 Å². The largest absolute Gasteiger partial charge is 0.459 e. The molecule has 1 aromatic carbocycles. The van der Waals surface area contributed by atoms with Crippen LogP contribution >= 0.6 is 0 Å². The molecule has 2 N–H and O–H groups in total. The molecule has 82 valence electrons. The van der Waals surface area contributed by atoms with Crippen LogP contribution in [0.4, 0.5) is 5.69 Å². The topological polar surface area (TPSA) is 61.5 Å². The fourth-order valence-corrected chi connectivity index (χ4v) is 1.01. The highest BCUT2D eigenvalue weighted by atomic mass is 16.6. The molecule has 1 unspecified atom stereocenters. The zero-order valence-corrected chi connectivity index (χ0v) is 8.90. The van der Waals surface area contributed by atoms with Crippen LogP contribution in [0.1, 0.15) is 17.3 Å². The van der Waals surface area contributed by atoms with Gasteiger partial charge in [0.1, 0.15) is 6.61 Å². The highest BCUT2D eigenvalue weighted by molar-refractivity contribution is 5.90. The number of anilines is 1. The van der Waals surface area contributed by atoms with Crippen molar-refractivity contribution in [2.75, 3.05) is 19.5 Å². The molecule has 4 heteroatoms. The van der Waals surface area contributed by atoms with Crippen LogP contribution in [0.5, 0.6) is 0 Å². The minimum atomic E-state index is -0.383. The summed E-state index contributed by atoms with van der Waals surface area (Å²) in [5.74, 6) is -0.383. The lowest BCUT2D eigenvalue weighted by Crippen LogP contribution is -2.17. The molecule has 0 aromatic heterocycles. The monoisotopic (exact) mass is 209 g/mol. The molecule has 0 saturated carbocycles. The van der Waals surface area contributed by atoms with Gasteiger partial charge >= 0.3 is 5.97 Å². The second kappa shape index (κ2) is 5.36. The normalized spacial score (nSPS) is 12.1. The van der Waals surface area contributed by atoms with Crippen LogP contribution in [0.15, 0.2) is 24.3 Å². The Labute approximate surface area is 89.0 Å². The number of hydrogen-bond acceptors (Lipinski definition) is 4. The van der Waals surface area contributed by atoms with Crippen molar-refractivity contribution in [1.82, 2.24) is 0 Å². The van der Waals surface area contributed by atoms with Crippen molar-refractivity contribution < 1.29 is 14.3 Å². The van der Waals surface area contributed by atoms with Gasteiger partial charge in [-0.05, 0) is 25.1 Å². The van der Waals surface area contributed by atoms with Crippen molar-refractivity contribution >= 4 is 11.7 Å². The van der Waals surface area contributed by atoms with Gasteiger partial charge in [0, 0.05) is 12.8 Å². The Balaban J connectivity index is 2.54. The zero-order chi connectivity index (χ0) is 11.3. The van der Waals surface area contributed by atoms with E-state index in [0.29, 0.717) is 11.3 Å². The lowest BCUT2D eigenvalue weighted by atomic mass is 10.2. The molecule has 1 aromatic rings. The fourth-order valence-electron chi connectivity index (χ4n) is 1.01. The summed E-state index contributed by atoms with van der Waals surface area (Å²) in [6, 6.07) is 6.68. The third kappa shape index (κ3) is 3.59. The molecule has 1 rings (SSSR count). The Hall–Kier alpha value is -1.55. The first-order valence-electron chi connectivity index (χ1n) is 4.69. The number of nitrogens with two attached hydrogens (primary N) is 1. The number of benzene rings is 1. The zero-order valence-electron chi connectivity index (χ0n) is 8.90.